The maximum atomic E-state index is 13.0. The van der Waals surface area contributed by atoms with Crippen molar-refractivity contribution in [2.24, 2.45) is 0 Å². The van der Waals surface area contributed by atoms with Crippen LogP contribution < -0.4 is 10.1 Å². The van der Waals surface area contributed by atoms with E-state index in [1.807, 2.05) is 4.68 Å². The van der Waals surface area contributed by atoms with Gasteiger partial charge in [0.1, 0.15) is 5.82 Å². The molecule has 1 aliphatic heterocycles. The molecule has 0 fully saturated rings. The molecule has 0 saturated carbocycles. The number of rotatable bonds is 3. The van der Waals surface area contributed by atoms with E-state index >= 15 is 0 Å². The molecule has 0 saturated heterocycles. The van der Waals surface area contributed by atoms with Gasteiger partial charge in [-0.05, 0) is 37.1 Å². The van der Waals surface area contributed by atoms with Gasteiger partial charge in [-0.2, -0.15) is 5.10 Å². The smallest absolute Gasteiger partial charge is 0.217 e. The van der Waals surface area contributed by atoms with Gasteiger partial charge in [0.2, 0.25) is 5.88 Å². The van der Waals surface area contributed by atoms with Crippen LogP contribution in [0.5, 0.6) is 5.88 Å². The van der Waals surface area contributed by atoms with Crippen LogP contribution in [0.4, 0.5) is 15.9 Å². The number of halogens is 1. The van der Waals surface area contributed by atoms with Crippen molar-refractivity contribution in [1.29, 1.82) is 0 Å². The van der Waals surface area contributed by atoms with E-state index in [0.29, 0.717) is 5.92 Å². The molecule has 112 valence electrons. The first-order valence-electron chi connectivity index (χ1n) is 7.34. The van der Waals surface area contributed by atoms with Crippen molar-refractivity contribution >= 4 is 11.5 Å². The second kappa shape index (κ2) is 5.39. The third-order valence-electron chi connectivity index (χ3n) is 3.69. The Balaban J connectivity index is 1.96. The van der Waals surface area contributed by atoms with Crippen LogP contribution in [0.25, 0.3) is 0 Å². The highest BCUT2D eigenvalue weighted by molar-refractivity contribution is 5.62. The number of nitrogens with zero attached hydrogens (tertiary/aromatic N) is 2. The Labute approximate surface area is 123 Å². The van der Waals surface area contributed by atoms with E-state index < -0.39 is 0 Å². The normalized spacial score (nSPS) is 17.5. The predicted molar refractivity (Wildman–Crippen MR) is 80.7 cm³/mol. The quantitative estimate of drug-likeness (QED) is 0.926. The van der Waals surface area contributed by atoms with E-state index in [1.165, 1.54) is 12.1 Å². The third kappa shape index (κ3) is 2.73. The molecule has 2 heterocycles. The molecule has 1 aromatic carbocycles. The Morgan fingerprint density at radius 2 is 2.05 bits per heavy atom. The molecule has 2 aromatic rings. The lowest BCUT2D eigenvalue weighted by Gasteiger charge is -2.22. The number of ether oxygens (including phenoxy) is 1. The maximum absolute atomic E-state index is 13.0. The van der Waals surface area contributed by atoms with Gasteiger partial charge in [-0.25, -0.2) is 9.07 Å². The zero-order valence-electron chi connectivity index (χ0n) is 12.6. The zero-order chi connectivity index (χ0) is 15.0. The first kappa shape index (κ1) is 13.9. The summed E-state index contributed by atoms with van der Waals surface area (Å²) < 4.78 is 20.9. The zero-order valence-corrected chi connectivity index (χ0v) is 12.6. The number of nitrogens with one attached hydrogen (secondary N) is 1. The number of hydrogen-bond donors (Lipinski definition) is 1. The van der Waals surface area contributed by atoms with Crippen molar-refractivity contribution in [3.63, 3.8) is 0 Å². The fraction of sp³-hybridized carbons (Fsp3) is 0.438. The second-order valence-corrected chi connectivity index (χ2v) is 5.79. The molecular weight excluding hydrogens is 269 g/mol. The topological polar surface area (TPSA) is 39.1 Å². The Morgan fingerprint density at radius 1 is 1.33 bits per heavy atom. The molecule has 0 aliphatic carbocycles. The molecule has 3 rings (SSSR count). The molecule has 21 heavy (non-hydrogen) atoms. The molecular formula is C16H20FN3O. The first-order chi connectivity index (χ1) is 10.0. The Hall–Kier alpha value is -2.04. The average Bonchev–Trinajstić information content (AvgIpc) is 2.78. The minimum Gasteiger partial charge on any atom is -0.474 e. The standard InChI is InChI=1S/C16H20FN3O/c1-10(2)14-15(18-13-6-4-12(17)5-7-13)19-20-9-8-11(3)21-16(14)20/h4-7,10-11H,8-9H2,1-3H3,(H,18,19)/t11-/m1/s1. The van der Waals surface area contributed by atoms with Crippen LogP contribution in [0.3, 0.4) is 0 Å². The minimum atomic E-state index is -0.245. The van der Waals surface area contributed by atoms with Gasteiger partial charge in [0.25, 0.3) is 0 Å². The van der Waals surface area contributed by atoms with Crippen molar-refractivity contribution in [3.8, 4) is 5.88 Å². The van der Waals surface area contributed by atoms with Crippen molar-refractivity contribution in [2.75, 3.05) is 5.32 Å². The summed E-state index contributed by atoms with van der Waals surface area (Å²) >= 11 is 0. The Kier molecular flexibility index (Phi) is 3.57. The highest BCUT2D eigenvalue weighted by Crippen LogP contribution is 2.37. The summed E-state index contributed by atoms with van der Waals surface area (Å²) in [6.45, 7) is 7.18. The summed E-state index contributed by atoms with van der Waals surface area (Å²) in [5.74, 6) is 1.70. The molecule has 5 heteroatoms. The van der Waals surface area contributed by atoms with Gasteiger partial charge in [-0.1, -0.05) is 13.8 Å². The van der Waals surface area contributed by atoms with Gasteiger partial charge in [0.05, 0.1) is 11.7 Å². The fourth-order valence-corrected chi connectivity index (χ4v) is 2.57. The lowest BCUT2D eigenvalue weighted by atomic mass is 10.1. The summed E-state index contributed by atoms with van der Waals surface area (Å²) in [5, 5.41) is 7.89. The van der Waals surface area contributed by atoms with Crippen LogP contribution >= 0.6 is 0 Å². The SMILES string of the molecule is CC(C)c1c(Nc2ccc(F)cc2)nn2c1O[C@H](C)CC2. The van der Waals surface area contributed by atoms with E-state index in [1.54, 1.807) is 12.1 Å². The molecule has 1 N–H and O–H groups in total. The molecule has 1 aliphatic rings. The van der Waals surface area contributed by atoms with Crippen molar-refractivity contribution in [2.45, 2.75) is 45.8 Å². The molecule has 0 spiro atoms. The van der Waals surface area contributed by atoms with Crippen molar-refractivity contribution < 1.29 is 9.13 Å². The largest absolute Gasteiger partial charge is 0.474 e. The summed E-state index contributed by atoms with van der Waals surface area (Å²) in [6.07, 6.45) is 1.17. The third-order valence-corrected chi connectivity index (χ3v) is 3.69. The van der Waals surface area contributed by atoms with Gasteiger partial charge < -0.3 is 10.1 Å². The number of aromatic nitrogens is 2. The monoisotopic (exact) mass is 289 g/mol. The number of hydrogen-bond acceptors (Lipinski definition) is 3. The highest BCUT2D eigenvalue weighted by Gasteiger charge is 2.26. The molecule has 4 nitrogen and oxygen atoms in total. The van der Waals surface area contributed by atoms with Crippen LogP contribution in [-0.4, -0.2) is 15.9 Å². The number of anilines is 2. The first-order valence-corrected chi connectivity index (χ1v) is 7.34. The fourth-order valence-electron chi connectivity index (χ4n) is 2.57. The summed E-state index contributed by atoms with van der Waals surface area (Å²) in [7, 11) is 0. The van der Waals surface area contributed by atoms with Crippen molar-refractivity contribution in [3.05, 3.63) is 35.6 Å². The van der Waals surface area contributed by atoms with E-state index in [2.05, 4.69) is 31.2 Å². The van der Waals surface area contributed by atoms with Crippen LogP contribution in [-0.2, 0) is 6.54 Å². The lowest BCUT2D eigenvalue weighted by molar-refractivity contribution is 0.147. The predicted octanol–water partition coefficient (Wildman–Crippen LogP) is 4.06. The van der Waals surface area contributed by atoms with Gasteiger partial charge in [0, 0.05) is 18.7 Å². The second-order valence-electron chi connectivity index (χ2n) is 5.79. The van der Waals surface area contributed by atoms with E-state index in [4.69, 9.17) is 4.74 Å². The Bertz CT molecular complexity index is 634. The number of fused-ring (bicyclic) bond motifs is 1. The van der Waals surface area contributed by atoms with Crippen molar-refractivity contribution in [1.82, 2.24) is 9.78 Å². The molecule has 0 unspecified atom stereocenters. The van der Waals surface area contributed by atoms with Crippen LogP contribution in [0.2, 0.25) is 0 Å². The summed E-state index contributed by atoms with van der Waals surface area (Å²) in [6, 6.07) is 6.29. The molecule has 1 atom stereocenters. The van der Waals surface area contributed by atoms with E-state index in [-0.39, 0.29) is 11.9 Å². The van der Waals surface area contributed by atoms with Crippen LogP contribution in [0, 0.1) is 5.82 Å². The molecule has 0 radical (unpaired) electrons. The lowest BCUT2D eigenvalue weighted by Crippen LogP contribution is -2.23. The number of aryl methyl sites for hydroxylation is 1. The average molecular weight is 289 g/mol. The number of benzene rings is 1. The molecule has 0 bridgehead atoms. The highest BCUT2D eigenvalue weighted by atomic mass is 19.1. The summed E-state index contributed by atoms with van der Waals surface area (Å²) in [5.41, 5.74) is 1.90. The van der Waals surface area contributed by atoms with Gasteiger partial charge in [-0.15, -0.1) is 0 Å². The minimum absolute atomic E-state index is 0.213. The van der Waals surface area contributed by atoms with Gasteiger partial charge in [-0.3, -0.25) is 0 Å². The van der Waals surface area contributed by atoms with Gasteiger partial charge >= 0.3 is 0 Å². The Morgan fingerprint density at radius 3 is 2.71 bits per heavy atom. The molecule has 1 aromatic heterocycles. The molecule has 0 amide bonds. The van der Waals surface area contributed by atoms with E-state index in [9.17, 15) is 4.39 Å². The maximum Gasteiger partial charge on any atom is 0.217 e. The van der Waals surface area contributed by atoms with Gasteiger partial charge in [0.15, 0.2) is 5.82 Å². The van der Waals surface area contributed by atoms with Crippen LogP contribution in [0.15, 0.2) is 24.3 Å². The van der Waals surface area contributed by atoms with Crippen LogP contribution in [0.1, 0.15) is 38.7 Å². The summed E-state index contributed by atoms with van der Waals surface area (Å²) in [4.78, 5) is 0. The van der Waals surface area contributed by atoms with E-state index in [0.717, 1.165) is 35.9 Å².